The minimum absolute atomic E-state index is 0.0104. The van der Waals surface area contributed by atoms with Crippen LogP contribution in [0.5, 0.6) is 0 Å². The molecule has 10 nitrogen and oxygen atoms in total. The Morgan fingerprint density at radius 3 is 2.62 bits per heavy atom. The SMILES string of the molecule is CS(=O)(=O)c1cc(Cl)cc(C(=O)NCc2ncnn2-c2ccc(NC(=O)C3CC3)cn2)c1. The predicted octanol–water partition coefficient (Wildman–Crippen LogP) is 2.00. The minimum Gasteiger partial charge on any atom is -0.345 e. The summed E-state index contributed by atoms with van der Waals surface area (Å²) >= 11 is 5.96. The lowest BCUT2D eigenvalue weighted by molar-refractivity contribution is -0.117. The Labute approximate surface area is 188 Å². The van der Waals surface area contributed by atoms with Crippen molar-refractivity contribution in [2.75, 3.05) is 11.6 Å². The van der Waals surface area contributed by atoms with Crippen LogP contribution in [-0.2, 0) is 21.2 Å². The van der Waals surface area contributed by atoms with Crippen LogP contribution in [0.1, 0.15) is 29.0 Å². The van der Waals surface area contributed by atoms with Gasteiger partial charge in [-0.1, -0.05) is 11.6 Å². The molecule has 12 heteroatoms. The molecule has 32 heavy (non-hydrogen) atoms. The smallest absolute Gasteiger partial charge is 0.251 e. The number of rotatable bonds is 7. The second kappa shape index (κ2) is 8.67. The number of nitrogens with one attached hydrogen (secondary N) is 2. The van der Waals surface area contributed by atoms with Crippen LogP contribution in [0.2, 0.25) is 5.02 Å². The van der Waals surface area contributed by atoms with Crippen molar-refractivity contribution >= 4 is 38.9 Å². The molecule has 4 rings (SSSR count). The highest BCUT2D eigenvalue weighted by Crippen LogP contribution is 2.30. The number of carbonyl (C=O) groups is 2. The Bertz CT molecular complexity index is 1290. The van der Waals surface area contributed by atoms with Crippen LogP contribution >= 0.6 is 11.6 Å². The van der Waals surface area contributed by atoms with E-state index in [0.29, 0.717) is 17.3 Å². The number of hydrogen-bond donors (Lipinski definition) is 2. The summed E-state index contributed by atoms with van der Waals surface area (Å²) in [7, 11) is -3.52. The monoisotopic (exact) mass is 474 g/mol. The molecule has 1 aliphatic rings. The standard InChI is InChI=1S/C20H19ClN6O4S/c1-32(30,31)16-7-13(6-14(21)8-16)19(28)23-10-18-24-11-25-27(18)17-5-4-15(9-22-17)26-20(29)12-2-3-12/h4-9,11-12H,2-3,10H2,1H3,(H,23,28)(H,26,29). The molecule has 1 fully saturated rings. The lowest BCUT2D eigenvalue weighted by Crippen LogP contribution is -2.25. The fourth-order valence-electron chi connectivity index (χ4n) is 2.92. The van der Waals surface area contributed by atoms with Crippen LogP contribution in [-0.4, -0.2) is 46.2 Å². The normalized spacial score (nSPS) is 13.6. The van der Waals surface area contributed by atoms with Gasteiger partial charge in [0.2, 0.25) is 5.91 Å². The third-order valence-electron chi connectivity index (χ3n) is 4.77. The summed E-state index contributed by atoms with van der Waals surface area (Å²) in [6, 6.07) is 7.32. The number of sulfone groups is 1. The third kappa shape index (κ3) is 5.11. The highest BCUT2D eigenvalue weighted by molar-refractivity contribution is 7.90. The molecule has 2 N–H and O–H groups in total. The molecule has 0 radical (unpaired) electrons. The largest absolute Gasteiger partial charge is 0.345 e. The van der Waals surface area contributed by atoms with Crippen molar-refractivity contribution in [2.45, 2.75) is 24.3 Å². The van der Waals surface area contributed by atoms with E-state index < -0.39 is 15.7 Å². The maximum Gasteiger partial charge on any atom is 0.251 e. The molecule has 0 spiro atoms. The lowest BCUT2D eigenvalue weighted by atomic mass is 10.2. The van der Waals surface area contributed by atoms with Crippen LogP contribution in [0.4, 0.5) is 5.69 Å². The second-order valence-corrected chi connectivity index (χ2v) is 9.84. The summed E-state index contributed by atoms with van der Waals surface area (Å²) in [6.07, 6.45) is 5.72. The van der Waals surface area contributed by atoms with Crippen LogP contribution in [0, 0.1) is 5.92 Å². The van der Waals surface area contributed by atoms with Gasteiger partial charge in [0.05, 0.1) is 23.3 Å². The molecule has 1 aliphatic carbocycles. The fraction of sp³-hybridized carbons (Fsp3) is 0.250. The van der Waals surface area contributed by atoms with E-state index in [0.717, 1.165) is 19.1 Å². The molecule has 166 valence electrons. The van der Waals surface area contributed by atoms with Gasteiger partial charge in [0.15, 0.2) is 21.5 Å². The Kier molecular flexibility index (Phi) is 5.94. The van der Waals surface area contributed by atoms with Crippen molar-refractivity contribution in [2.24, 2.45) is 5.92 Å². The molecule has 0 saturated heterocycles. The zero-order valence-corrected chi connectivity index (χ0v) is 18.5. The third-order valence-corrected chi connectivity index (χ3v) is 6.08. The van der Waals surface area contributed by atoms with Crippen molar-refractivity contribution in [1.82, 2.24) is 25.1 Å². The average Bonchev–Trinajstić information content (AvgIpc) is 3.50. The van der Waals surface area contributed by atoms with E-state index in [-0.39, 0.29) is 33.9 Å². The summed E-state index contributed by atoms with van der Waals surface area (Å²) in [5.74, 6) is 0.430. The summed E-state index contributed by atoms with van der Waals surface area (Å²) in [4.78, 5) is 32.8. The van der Waals surface area contributed by atoms with Gasteiger partial charge in [-0.05, 0) is 43.2 Å². The Morgan fingerprint density at radius 1 is 1.19 bits per heavy atom. The van der Waals surface area contributed by atoms with Gasteiger partial charge >= 0.3 is 0 Å². The quantitative estimate of drug-likeness (QED) is 0.534. The Morgan fingerprint density at radius 2 is 1.97 bits per heavy atom. The van der Waals surface area contributed by atoms with E-state index in [1.807, 2.05) is 0 Å². The van der Waals surface area contributed by atoms with Crippen LogP contribution in [0.25, 0.3) is 5.82 Å². The molecule has 2 aromatic heterocycles. The van der Waals surface area contributed by atoms with Crippen LogP contribution < -0.4 is 10.6 Å². The number of nitrogens with zero attached hydrogens (tertiary/aromatic N) is 4. The summed E-state index contributed by atoms with van der Waals surface area (Å²) < 4.78 is 25.0. The van der Waals surface area contributed by atoms with Gasteiger partial charge < -0.3 is 10.6 Å². The lowest BCUT2D eigenvalue weighted by Gasteiger charge is -2.09. The topological polar surface area (TPSA) is 136 Å². The van der Waals surface area contributed by atoms with E-state index in [9.17, 15) is 18.0 Å². The van der Waals surface area contributed by atoms with Crippen molar-refractivity contribution in [3.63, 3.8) is 0 Å². The van der Waals surface area contributed by atoms with Gasteiger partial charge in [0, 0.05) is 22.8 Å². The maximum absolute atomic E-state index is 12.5. The van der Waals surface area contributed by atoms with E-state index in [2.05, 4.69) is 25.7 Å². The number of pyridine rings is 1. The zero-order valence-electron chi connectivity index (χ0n) is 16.9. The molecule has 1 saturated carbocycles. The number of carbonyl (C=O) groups excluding carboxylic acids is 2. The molecule has 3 aromatic rings. The first-order valence-electron chi connectivity index (χ1n) is 9.66. The summed E-state index contributed by atoms with van der Waals surface area (Å²) in [5.41, 5.74) is 0.695. The molecule has 0 unspecified atom stereocenters. The fourth-order valence-corrected chi connectivity index (χ4v) is 3.90. The van der Waals surface area contributed by atoms with Crippen molar-refractivity contribution in [3.05, 3.63) is 59.3 Å². The number of aromatic nitrogens is 4. The second-order valence-electron chi connectivity index (χ2n) is 7.39. The van der Waals surface area contributed by atoms with E-state index >= 15 is 0 Å². The van der Waals surface area contributed by atoms with E-state index in [1.165, 1.54) is 35.4 Å². The summed E-state index contributed by atoms with van der Waals surface area (Å²) in [6.45, 7) is 0.0153. The summed E-state index contributed by atoms with van der Waals surface area (Å²) in [5, 5.41) is 9.75. The number of hydrogen-bond acceptors (Lipinski definition) is 7. The number of halogens is 1. The minimum atomic E-state index is -3.52. The molecule has 1 aromatic carbocycles. The predicted molar refractivity (Wildman–Crippen MR) is 116 cm³/mol. The molecule has 0 bridgehead atoms. The van der Waals surface area contributed by atoms with Crippen molar-refractivity contribution in [1.29, 1.82) is 0 Å². The van der Waals surface area contributed by atoms with Gasteiger partial charge in [-0.2, -0.15) is 9.78 Å². The molecular formula is C20H19ClN6O4S. The highest BCUT2D eigenvalue weighted by atomic mass is 35.5. The van der Waals surface area contributed by atoms with Crippen LogP contribution in [0.15, 0.2) is 47.8 Å². The molecule has 2 amide bonds. The van der Waals surface area contributed by atoms with Crippen LogP contribution in [0.3, 0.4) is 0 Å². The van der Waals surface area contributed by atoms with Gasteiger partial charge in [0.1, 0.15) is 6.33 Å². The van der Waals surface area contributed by atoms with E-state index in [1.54, 1.807) is 12.1 Å². The van der Waals surface area contributed by atoms with Crippen molar-refractivity contribution in [3.8, 4) is 5.82 Å². The first-order valence-corrected chi connectivity index (χ1v) is 11.9. The number of anilines is 1. The molecule has 0 atom stereocenters. The van der Waals surface area contributed by atoms with Gasteiger partial charge in [-0.15, -0.1) is 0 Å². The Balaban J connectivity index is 1.45. The average molecular weight is 475 g/mol. The number of amides is 2. The zero-order chi connectivity index (χ0) is 22.9. The van der Waals surface area contributed by atoms with Gasteiger partial charge in [-0.3, -0.25) is 9.59 Å². The number of benzene rings is 1. The Hall–Kier alpha value is -3.31. The first kappa shape index (κ1) is 21.9. The molecule has 2 heterocycles. The van der Waals surface area contributed by atoms with Gasteiger partial charge in [-0.25, -0.2) is 18.4 Å². The molecule has 0 aliphatic heterocycles. The van der Waals surface area contributed by atoms with Gasteiger partial charge in [0.25, 0.3) is 5.91 Å². The highest BCUT2D eigenvalue weighted by Gasteiger charge is 2.29. The first-order chi connectivity index (χ1) is 15.2. The maximum atomic E-state index is 12.5. The molecular weight excluding hydrogens is 456 g/mol. The van der Waals surface area contributed by atoms with E-state index in [4.69, 9.17) is 11.6 Å². The van der Waals surface area contributed by atoms with Crippen molar-refractivity contribution < 1.29 is 18.0 Å².